The van der Waals surface area contributed by atoms with E-state index in [1.54, 1.807) is 6.92 Å². The summed E-state index contributed by atoms with van der Waals surface area (Å²) in [4.78, 5) is 13.8. The van der Waals surface area contributed by atoms with Gasteiger partial charge in [-0.15, -0.1) is 0 Å². The van der Waals surface area contributed by atoms with Crippen molar-refractivity contribution in [3.63, 3.8) is 0 Å². The van der Waals surface area contributed by atoms with Crippen molar-refractivity contribution < 1.29 is 4.79 Å². The van der Waals surface area contributed by atoms with E-state index in [1.807, 2.05) is 6.07 Å². The zero-order valence-corrected chi connectivity index (χ0v) is 9.70. The summed E-state index contributed by atoms with van der Waals surface area (Å²) < 4.78 is 0. The number of hydrogen-bond acceptors (Lipinski definition) is 2. The first-order valence-corrected chi connectivity index (χ1v) is 6.13. The molecule has 3 rings (SSSR count). The van der Waals surface area contributed by atoms with Crippen LogP contribution in [0.3, 0.4) is 0 Å². The van der Waals surface area contributed by atoms with E-state index in [1.165, 1.54) is 37.2 Å². The number of carbonyl (C=O) groups is 1. The normalized spacial score (nSPS) is 22.8. The largest absolute Gasteiger partial charge is 0.371 e. The van der Waals surface area contributed by atoms with Crippen molar-refractivity contribution in [3.8, 4) is 0 Å². The Labute approximate surface area is 96.3 Å². The molecule has 2 aliphatic rings. The zero-order chi connectivity index (χ0) is 11.1. The van der Waals surface area contributed by atoms with E-state index in [9.17, 15) is 4.79 Å². The lowest BCUT2D eigenvalue weighted by Crippen LogP contribution is -2.40. The van der Waals surface area contributed by atoms with Crippen molar-refractivity contribution in [2.24, 2.45) is 5.92 Å². The van der Waals surface area contributed by atoms with Gasteiger partial charge in [0.15, 0.2) is 5.78 Å². The predicted molar refractivity (Wildman–Crippen MR) is 65.1 cm³/mol. The average Bonchev–Trinajstić information content (AvgIpc) is 2.28. The van der Waals surface area contributed by atoms with E-state index in [2.05, 4.69) is 17.0 Å². The first-order valence-electron chi connectivity index (χ1n) is 6.13. The molecule has 2 heterocycles. The number of anilines is 1. The molecule has 2 heteroatoms. The van der Waals surface area contributed by atoms with Gasteiger partial charge in [-0.1, -0.05) is 0 Å². The monoisotopic (exact) mass is 215 g/mol. The molecule has 2 aliphatic heterocycles. The fourth-order valence-electron chi connectivity index (χ4n) is 3.04. The van der Waals surface area contributed by atoms with Gasteiger partial charge >= 0.3 is 0 Å². The van der Waals surface area contributed by atoms with Crippen molar-refractivity contribution in [1.82, 2.24) is 0 Å². The number of ketones is 1. The Morgan fingerprint density at radius 2 is 2.31 bits per heavy atom. The van der Waals surface area contributed by atoms with Crippen LogP contribution >= 0.6 is 0 Å². The average molecular weight is 215 g/mol. The van der Waals surface area contributed by atoms with E-state index in [4.69, 9.17) is 0 Å². The number of hydrogen-bond donors (Lipinski definition) is 0. The Morgan fingerprint density at radius 3 is 3.12 bits per heavy atom. The fraction of sp³-hybridized carbons (Fsp3) is 0.500. The summed E-state index contributed by atoms with van der Waals surface area (Å²) in [7, 11) is 0. The van der Waals surface area contributed by atoms with Crippen LogP contribution in [0, 0.1) is 5.92 Å². The van der Waals surface area contributed by atoms with Crippen LogP contribution in [0.15, 0.2) is 18.2 Å². The molecule has 0 aliphatic carbocycles. The molecule has 1 fully saturated rings. The Bertz CT molecular complexity index is 438. The fourth-order valence-corrected chi connectivity index (χ4v) is 3.04. The third-order valence-corrected chi connectivity index (χ3v) is 3.85. The summed E-state index contributed by atoms with van der Waals surface area (Å²) in [6.07, 6.45) is 3.83. The summed E-state index contributed by atoms with van der Waals surface area (Å²) in [6, 6.07) is 6.20. The molecule has 1 aromatic rings. The summed E-state index contributed by atoms with van der Waals surface area (Å²) in [5.74, 6) is 0.983. The lowest BCUT2D eigenvalue weighted by molar-refractivity contribution is 0.101. The second-order valence-electron chi connectivity index (χ2n) is 5.06. The van der Waals surface area contributed by atoms with Crippen molar-refractivity contribution in [1.29, 1.82) is 0 Å². The van der Waals surface area contributed by atoms with Gasteiger partial charge in [0.1, 0.15) is 0 Å². The van der Waals surface area contributed by atoms with Gasteiger partial charge in [-0.25, -0.2) is 0 Å². The molecule has 0 N–H and O–H groups in total. The zero-order valence-electron chi connectivity index (χ0n) is 9.70. The lowest BCUT2D eigenvalue weighted by atomic mass is 9.85. The first-order chi connectivity index (χ1) is 7.74. The van der Waals surface area contributed by atoms with Crippen molar-refractivity contribution in [2.45, 2.75) is 26.2 Å². The molecule has 0 radical (unpaired) electrons. The molecule has 1 atom stereocenters. The molecule has 84 valence electrons. The number of fused-ring (bicyclic) bond motifs is 4. The highest BCUT2D eigenvalue weighted by Crippen LogP contribution is 2.35. The van der Waals surface area contributed by atoms with Gasteiger partial charge in [0.25, 0.3) is 0 Å². The topological polar surface area (TPSA) is 20.3 Å². The molecule has 2 nitrogen and oxygen atoms in total. The van der Waals surface area contributed by atoms with Gasteiger partial charge in [-0.2, -0.15) is 0 Å². The maximum atomic E-state index is 11.4. The van der Waals surface area contributed by atoms with Crippen LogP contribution in [-0.2, 0) is 6.42 Å². The van der Waals surface area contributed by atoms with E-state index in [0.717, 1.165) is 17.9 Å². The minimum Gasteiger partial charge on any atom is -0.371 e. The van der Waals surface area contributed by atoms with Gasteiger partial charge in [0.2, 0.25) is 0 Å². The highest BCUT2D eigenvalue weighted by molar-refractivity contribution is 5.94. The molecule has 0 amide bonds. The summed E-state index contributed by atoms with van der Waals surface area (Å²) in [5.41, 5.74) is 3.60. The van der Waals surface area contributed by atoms with Gasteiger partial charge in [0, 0.05) is 24.3 Å². The van der Waals surface area contributed by atoms with E-state index < -0.39 is 0 Å². The summed E-state index contributed by atoms with van der Waals surface area (Å²) >= 11 is 0. The van der Waals surface area contributed by atoms with Crippen LogP contribution in [0.2, 0.25) is 0 Å². The number of piperidine rings is 1. The number of benzene rings is 1. The van der Waals surface area contributed by atoms with Crippen LogP contribution in [0.4, 0.5) is 5.69 Å². The highest BCUT2D eigenvalue weighted by atomic mass is 16.1. The van der Waals surface area contributed by atoms with Crippen molar-refractivity contribution in [3.05, 3.63) is 29.3 Å². The number of carbonyl (C=O) groups excluding carboxylic acids is 1. The number of nitrogens with zero attached hydrogens (tertiary/aromatic N) is 1. The van der Waals surface area contributed by atoms with Crippen molar-refractivity contribution >= 4 is 11.5 Å². The smallest absolute Gasteiger partial charge is 0.159 e. The molecule has 2 bridgehead atoms. The second-order valence-corrected chi connectivity index (χ2v) is 5.06. The maximum Gasteiger partial charge on any atom is 0.159 e. The van der Waals surface area contributed by atoms with E-state index in [0.29, 0.717) is 0 Å². The first kappa shape index (κ1) is 9.88. The van der Waals surface area contributed by atoms with Gasteiger partial charge < -0.3 is 4.90 Å². The van der Waals surface area contributed by atoms with Crippen LogP contribution in [0.25, 0.3) is 0 Å². The predicted octanol–water partition coefficient (Wildman–Crippen LogP) is 2.66. The van der Waals surface area contributed by atoms with Gasteiger partial charge in [-0.3, -0.25) is 4.79 Å². The molecular formula is C14H17NO. The number of Topliss-reactive ketones (excluding diaryl/α,β-unsaturated/α-hetero) is 1. The van der Waals surface area contributed by atoms with Crippen LogP contribution in [0.1, 0.15) is 35.7 Å². The minimum absolute atomic E-state index is 0.175. The molecule has 16 heavy (non-hydrogen) atoms. The summed E-state index contributed by atoms with van der Waals surface area (Å²) in [5, 5.41) is 0. The highest BCUT2D eigenvalue weighted by Gasteiger charge is 2.27. The Hall–Kier alpha value is -1.31. The van der Waals surface area contributed by atoms with Crippen LogP contribution in [0.5, 0.6) is 0 Å². The summed E-state index contributed by atoms with van der Waals surface area (Å²) in [6.45, 7) is 4.04. The van der Waals surface area contributed by atoms with Gasteiger partial charge in [-0.05, 0) is 55.9 Å². The third-order valence-electron chi connectivity index (χ3n) is 3.85. The molecule has 1 unspecified atom stereocenters. The standard InChI is InChI=1S/C14H17NO/c1-10(16)12-4-5-14-13(8-12)7-11-3-2-6-15(14)9-11/h4-5,8,11H,2-3,6-7,9H2,1H3. The number of rotatable bonds is 1. The SMILES string of the molecule is CC(=O)c1ccc2c(c1)CC1CCCN2C1. The van der Waals surface area contributed by atoms with Crippen molar-refractivity contribution in [2.75, 3.05) is 18.0 Å². The van der Waals surface area contributed by atoms with Crippen LogP contribution in [-0.4, -0.2) is 18.9 Å². The quantitative estimate of drug-likeness (QED) is 0.671. The molecule has 0 spiro atoms. The van der Waals surface area contributed by atoms with E-state index >= 15 is 0 Å². The minimum atomic E-state index is 0.175. The molecule has 0 saturated carbocycles. The Balaban J connectivity index is 2.03. The molecular weight excluding hydrogens is 198 g/mol. The van der Waals surface area contributed by atoms with E-state index in [-0.39, 0.29) is 5.78 Å². The lowest BCUT2D eigenvalue weighted by Gasteiger charge is -2.40. The maximum absolute atomic E-state index is 11.4. The molecule has 1 aromatic carbocycles. The van der Waals surface area contributed by atoms with Gasteiger partial charge in [0.05, 0.1) is 0 Å². The third kappa shape index (κ3) is 1.53. The Morgan fingerprint density at radius 1 is 1.44 bits per heavy atom. The van der Waals surface area contributed by atoms with Crippen LogP contribution < -0.4 is 4.90 Å². The molecule has 0 aromatic heterocycles. The Kier molecular flexibility index (Phi) is 2.23. The molecule has 1 saturated heterocycles. The second kappa shape index (κ2) is 3.62.